The number of halogens is 1. The van der Waals surface area contributed by atoms with Crippen molar-refractivity contribution < 1.29 is 4.79 Å². The SMILES string of the molecule is CN(Cc1ccccc1)C(=O)C1CCNC1.Cl. The van der Waals surface area contributed by atoms with E-state index in [2.05, 4.69) is 17.4 Å². The van der Waals surface area contributed by atoms with Crippen molar-refractivity contribution in [3.05, 3.63) is 35.9 Å². The van der Waals surface area contributed by atoms with Crippen LogP contribution in [-0.4, -0.2) is 30.9 Å². The lowest BCUT2D eigenvalue weighted by molar-refractivity contribution is -0.134. The topological polar surface area (TPSA) is 32.3 Å². The van der Waals surface area contributed by atoms with E-state index < -0.39 is 0 Å². The van der Waals surface area contributed by atoms with Crippen LogP contribution in [0, 0.1) is 5.92 Å². The molecule has 17 heavy (non-hydrogen) atoms. The van der Waals surface area contributed by atoms with Crippen LogP contribution in [0.15, 0.2) is 30.3 Å². The van der Waals surface area contributed by atoms with Gasteiger partial charge in [-0.25, -0.2) is 0 Å². The maximum absolute atomic E-state index is 12.0. The van der Waals surface area contributed by atoms with Crippen LogP contribution in [0.25, 0.3) is 0 Å². The van der Waals surface area contributed by atoms with Gasteiger partial charge in [-0.3, -0.25) is 4.79 Å². The van der Waals surface area contributed by atoms with E-state index in [1.54, 1.807) is 0 Å². The van der Waals surface area contributed by atoms with Gasteiger partial charge in [0.2, 0.25) is 5.91 Å². The van der Waals surface area contributed by atoms with Gasteiger partial charge in [0.25, 0.3) is 0 Å². The summed E-state index contributed by atoms with van der Waals surface area (Å²) in [5.74, 6) is 0.433. The Morgan fingerprint density at radius 2 is 2.12 bits per heavy atom. The first kappa shape index (κ1) is 14.0. The molecule has 1 heterocycles. The maximum atomic E-state index is 12.0. The van der Waals surface area contributed by atoms with Crippen LogP contribution in [-0.2, 0) is 11.3 Å². The lowest BCUT2D eigenvalue weighted by Crippen LogP contribution is -2.33. The molecule has 1 N–H and O–H groups in total. The minimum absolute atomic E-state index is 0. The van der Waals surface area contributed by atoms with Crippen molar-refractivity contribution in [3.63, 3.8) is 0 Å². The quantitative estimate of drug-likeness (QED) is 0.890. The van der Waals surface area contributed by atoms with Crippen LogP contribution in [0.2, 0.25) is 0 Å². The highest BCUT2D eigenvalue weighted by atomic mass is 35.5. The van der Waals surface area contributed by atoms with E-state index in [-0.39, 0.29) is 24.2 Å². The molecule has 1 fully saturated rings. The predicted octanol–water partition coefficient (Wildman–Crippen LogP) is 1.68. The van der Waals surface area contributed by atoms with Gasteiger partial charge < -0.3 is 10.2 Å². The number of amides is 1. The second-order valence-corrected chi connectivity index (χ2v) is 4.37. The monoisotopic (exact) mass is 254 g/mol. The highest BCUT2D eigenvalue weighted by Crippen LogP contribution is 2.12. The van der Waals surface area contributed by atoms with Crippen LogP contribution in [0.1, 0.15) is 12.0 Å². The van der Waals surface area contributed by atoms with Crippen LogP contribution in [0.5, 0.6) is 0 Å². The highest BCUT2D eigenvalue weighted by Gasteiger charge is 2.24. The third-order valence-electron chi connectivity index (χ3n) is 3.05. The number of hydrogen-bond donors (Lipinski definition) is 1. The second kappa shape index (κ2) is 6.62. The molecule has 0 aliphatic carbocycles. The van der Waals surface area contributed by atoms with E-state index in [0.29, 0.717) is 6.54 Å². The van der Waals surface area contributed by atoms with Crippen molar-refractivity contribution in [1.29, 1.82) is 0 Å². The summed E-state index contributed by atoms with van der Waals surface area (Å²) >= 11 is 0. The zero-order valence-corrected chi connectivity index (χ0v) is 10.9. The van der Waals surface area contributed by atoms with Crippen molar-refractivity contribution in [2.45, 2.75) is 13.0 Å². The average Bonchev–Trinajstić information content (AvgIpc) is 2.83. The Kier molecular flexibility index (Phi) is 5.45. The smallest absolute Gasteiger partial charge is 0.227 e. The summed E-state index contributed by atoms with van der Waals surface area (Å²) in [6.07, 6.45) is 0.970. The van der Waals surface area contributed by atoms with Gasteiger partial charge in [-0.1, -0.05) is 30.3 Å². The first-order valence-corrected chi connectivity index (χ1v) is 5.77. The molecule has 1 saturated heterocycles. The predicted molar refractivity (Wildman–Crippen MR) is 71.1 cm³/mol. The number of rotatable bonds is 3. The standard InChI is InChI=1S/C13H18N2O.ClH/c1-15(10-11-5-3-2-4-6-11)13(16)12-7-8-14-9-12;/h2-6,12,14H,7-10H2,1H3;1H. The van der Waals surface area contributed by atoms with Crippen LogP contribution < -0.4 is 5.32 Å². The van der Waals surface area contributed by atoms with Gasteiger partial charge in [0, 0.05) is 20.1 Å². The summed E-state index contributed by atoms with van der Waals surface area (Å²) in [7, 11) is 1.88. The van der Waals surface area contributed by atoms with Gasteiger partial charge in [0.05, 0.1) is 5.92 Å². The summed E-state index contributed by atoms with van der Waals surface area (Å²) in [6, 6.07) is 10.1. The summed E-state index contributed by atoms with van der Waals surface area (Å²) in [5.41, 5.74) is 1.18. The molecule has 4 heteroatoms. The second-order valence-electron chi connectivity index (χ2n) is 4.37. The molecule has 1 aromatic carbocycles. The Balaban J connectivity index is 0.00000144. The fourth-order valence-corrected chi connectivity index (χ4v) is 2.11. The average molecular weight is 255 g/mol. The lowest BCUT2D eigenvalue weighted by atomic mass is 10.1. The molecule has 3 nitrogen and oxygen atoms in total. The molecule has 1 aliphatic rings. The molecule has 1 atom stereocenters. The molecule has 0 radical (unpaired) electrons. The Labute approximate surface area is 109 Å². The molecular weight excluding hydrogens is 236 g/mol. The largest absolute Gasteiger partial charge is 0.341 e. The van der Waals surface area contributed by atoms with E-state index in [1.807, 2.05) is 30.1 Å². The number of nitrogens with zero attached hydrogens (tertiary/aromatic N) is 1. The summed E-state index contributed by atoms with van der Waals surface area (Å²) in [6.45, 7) is 2.50. The lowest BCUT2D eigenvalue weighted by Gasteiger charge is -2.20. The van der Waals surface area contributed by atoms with Gasteiger partial charge in [-0.15, -0.1) is 12.4 Å². The molecule has 1 unspecified atom stereocenters. The Morgan fingerprint density at radius 3 is 2.71 bits per heavy atom. The van der Waals surface area contributed by atoms with Crippen molar-refractivity contribution in [3.8, 4) is 0 Å². The fraction of sp³-hybridized carbons (Fsp3) is 0.462. The van der Waals surface area contributed by atoms with E-state index in [9.17, 15) is 4.79 Å². The van der Waals surface area contributed by atoms with Gasteiger partial charge in [-0.2, -0.15) is 0 Å². The first-order valence-electron chi connectivity index (χ1n) is 5.77. The number of benzene rings is 1. The first-order chi connectivity index (χ1) is 7.77. The van der Waals surface area contributed by atoms with Crippen molar-refractivity contribution in [2.75, 3.05) is 20.1 Å². The minimum Gasteiger partial charge on any atom is -0.341 e. The van der Waals surface area contributed by atoms with Gasteiger partial charge >= 0.3 is 0 Å². The van der Waals surface area contributed by atoms with E-state index in [1.165, 1.54) is 5.56 Å². The maximum Gasteiger partial charge on any atom is 0.227 e. The molecule has 1 aliphatic heterocycles. The molecule has 0 bridgehead atoms. The third-order valence-corrected chi connectivity index (χ3v) is 3.05. The third kappa shape index (κ3) is 3.72. The minimum atomic E-state index is 0. The number of carbonyl (C=O) groups excluding carboxylic acids is 1. The van der Waals surface area contributed by atoms with Crippen molar-refractivity contribution in [1.82, 2.24) is 10.2 Å². The van der Waals surface area contributed by atoms with Gasteiger partial charge in [0.1, 0.15) is 0 Å². The summed E-state index contributed by atoms with van der Waals surface area (Å²) < 4.78 is 0. The molecular formula is C13H19ClN2O. The summed E-state index contributed by atoms with van der Waals surface area (Å²) in [5, 5.41) is 3.22. The molecule has 1 aromatic rings. The number of nitrogens with one attached hydrogen (secondary N) is 1. The molecule has 94 valence electrons. The fourth-order valence-electron chi connectivity index (χ4n) is 2.11. The zero-order valence-electron chi connectivity index (χ0n) is 10.1. The van der Waals surface area contributed by atoms with Gasteiger partial charge in [0.15, 0.2) is 0 Å². The molecule has 0 aromatic heterocycles. The van der Waals surface area contributed by atoms with E-state index in [0.717, 1.165) is 19.5 Å². The molecule has 2 rings (SSSR count). The zero-order chi connectivity index (χ0) is 11.4. The Hall–Kier alpha value is -1.06. The molecule has 1 amide bonds. The normalized spacial score (nSPS) is 18.5. The highest BCUT2D eigenvalue weighted by molar-refractivity contribution is 5.85. The molecule has 0 saturated carbocycles. The van der Waals surface area contributed by atoms with Crippen molar-refractivity contribution >= 4 is 18.3 Å². The van der Waals surface area contributed by atoms with Gasteiger partial charge in [-0.05, 0) is 18.5 Å². The van der Waals surface area contributed by atoms with Crippen LogP contribution in [0.3, 0.4) is 0 Å². The van der Waals surface area contributed by atoms with Crippen LogP contribution >= 0.6 is 12.4 Å². The van der Waals surface area contributed by atoms with Crippen LogP contribution in [0.4, 0.5) is 0 Å². The van der Waals surface area contributed by atoms with E-state index in [4.69, 9.17) is 0 Å². The van der Waals surface area contributed by atoms with E-state index >= 15 is 0 Å². The van der Waals surface area contributed by atoms with Crippen molar-refractivity contribution in [2.24, 2.45) is 5.92 Å². The number of carbonyl (C=O) groups is 1. The number of hydrogen-bond acceptors (Lipinski definition) is 2. The summed E-state index contributed by atoms with van der Waals surface area (Å²) in [4.78, 5) is 13.9. The molecule has 0 spiro atoms. The Morgan fingerprint density at radius 1 is 1.41 bits per heavy atom. The Bertz CT molecular complexity index is 350.